The van der Waals surface area contributed by atoms with Crippen LogP contribution in [0.15, 0.2) is 47.3 Å². The summed E-state index contributed by atoms with van der Waals surface area (Å²) in [5, 5.41) is 13.9. The van der Waals surface area contributed by atoms with Gasteiger partial charge in [0.05, 0.1) is 18.2 Å². The van der Waals surface area contributed by atoms with Gasteiger partial charge in [-0.15, -0.1) is 5.10 Å². The second kappa shape index (κ2) is 8.36. The Morgan fingerprint density at radius 1 is 1.18 bits per heavy atom. The first-order chi connectivity index (χ1) is 16.6. The van der Waals surface area contributed by atoms with E-state index in [0.717, 1.165) is 60.1 Å². The number of ether oxygens (including phenoxy) is 1. The molecule has 0 bridgehead atoms. The Kier molecular flexibility index (Phi) is 5.17. The number of fused-ring (bicyclic) bond motifs is 2. The lowest BCUT2D eigenvalue weighted by molar-refractivity contribution is 0.0924. The van der Waals surface area contributed by atoms with Gasteiger partial charge in [-0.2, -0.15) is 0 Å². The summed E-state index contributed by atoms with van der Waals surface area (Å²) in [6, 6.07) is 14.1. The highest BCUT2D eigenvalue weighted by Crippen LogP contribution is 2.38. The number of aromatic amines is 1. The Bertz CT molecular complexity index is 1420. The van der Waals surface area contributed by atoms with E-state index in [1.807, 2.05) is 29.8 Å². The maximum atomic E-state index is 13.6. The smallest absolute Gasteiger partial charge is 0.254 e. The number of anilines is 1. The molecule has 1 N–H and O–H groups in total. The first-order valence-electron chi connectivity index (χ1n) is 12.0. The van der Waals surface area contributed by atoms with Crippen molar-refractivity contribution in [3.63, 3.8) is 0 Å². The number of H-pyrrole nitrogens is 1. The predicted octanol–water partition coefficient (Wildman–Crippen LogP) is 3.46. The minimum Gasteiger partial charge on any atom is -0.376 e. The van der Waals surface area contributed by atoms with Gasteiger partial charge in [-0.3, -0.25) is 4.79 Å². The predicted molar refractivity (Wildman–Crippen MR) is 130 cm³/mol. The maximum Gasteiger partial charge on any atom is 0.254 e. The van der Waals surface area contributed by atoms with Gasteiger partial charge in [0.25, 0.3) is 5.56 Å². The van der Waals surface area contributed by atoms with Gasteiger partial charge in [0, 0.05) is 29.8 Å². The Morgan fingerprint density at radius 2 is 2.03 bits per heavy atom. The van der Waals surface area contributed by atoms with Gasteiger partial charge in [0.2, 0.25) is 0 Å². The van der Waals surface area contributed by atoms with Gasteiger partial charge in [0.1, 0.15) is 6.04 Å². The molecule has 0 radical (unpaired) electrons. The highest BCUT2D eigenvalue weighted by molar-refractivity contribution is 5.85. The number of hydrogen-bond donors (Lipinski definition) is 1. The van der Waals surface area contributed by atoms with Crippen LogP contribution in [0.25, 0.3) is 10.9 Å². The largest absolute Gasteiger partial charge is 0.376 e. The summed E-state index contributed by atoms with van der Waals surface area (Å²) < 4.78 is 7.69. The van der Waals surface area contributed by atoms with Crippen LogP contribution in [0.3, 0.4) is 0 Å². The van der Waals surface area contributed by atoms with Gasteiger partial charge in [0.15, 0.2) is 5.82 Å². The van der Waals surface area contributed by atoms with E-state index in [2.05, 4.69) is 56.6 Å². The normalized spacial score (nSPS) is 18.5. The number of nitrogens with zero attached hydrogens (tertiary/aromatic N) is 5. The van der Waals surface area contributed by atoms with Crippen LogP contribution in [0.5, 0.6) is 0 Å². The Hall–Kier alpha value is -3.52. The molecule has 0 saturated carbocycles. The molecule has 0 amide bonds. The second-order valence-corrected chi connectivity index (χ2v) is 9.37. The lowest BCUT2D eigenvalue weighted by Gasteiger charge is -2.30. The molecule has 2 aliphatic rings. The zero-order valence-corrected chi connectivity index (χ0v) is 19.5. The summed E-state index contributed by atoms with van der Waals surface area (Å²) in [5.41, 5.74) is 6.00. The highest BCUT2D eigenvalue weighted by Gasteiger charge is 2.35. The van der Waals surface area contributed by atoms with Crippen molar-refractivity contribution in [3.05, 3.63) is 80.9 Å². The zero-order valence-electron chi connectivity index (χ0n) is 19.5. The summed E-state index contributed by atoms with van der Waals surface area (Å²) in [7, 11) is 0. The third-order valence-electron chi connectivity index (χ3n) is 7.21. The van der Waals surface area contributed by atoms with Gasteiger partial charge >= 0.3 is 0 Å². The van der Waals surface area contributed by atoms with Crippen LogP contribution >= 0.6 is 0 Å². The van der Waals surface area contributed by atoms with Crippen LogP contribution in [0.1, 0.15) is 47.0 Å². The Morgan fingerprint density at radius 3 is 2.88 bits per heavy atom. The number of pyridine rings is 1. The molecule has 2 aromatic heterocycles. The third-order valence-corrected chi connectivity index (χ3v) is 7.21. The van der Waals surface area contributed by atoms with E-state index in [1.54, 1.807) is 0 Å². The summed E-state index contributed by atoms with van der Waals surface area (Å²) in [6.45, 7) is 6.24. The number of para-hydroxylation sites is 1. The number of hydrogen-bond acceptors (Lipinski definition) is 6. The first kappa shape index (κ1) is 21.0. The number of benzene rings is 2. The van der Waals surface area contributed by atoms with Crippen molar-refractivity contribution in [2.24, 2.45) is 0 Å². The molecule has 2 atom stereocenters. The topological polar surface area (TPSA) is 88.9 Å². The Labute approximate surface area is 197 Å². The van der Waals surface area contributed by atoms with Crippen molar-refractivity contribution < 1.29 is 4.74 Å². The van der Waals surface area contributed by atoms with E-state index in [1.165, 1.54) is 5.56 Å². The van der Waals surface area contributed by atoms with E-state index >= 15 is 0 Å². The summed E-state index contributed by atoms with van der Waals surface area (Å²) in [6.07, 6.45) is 3.05. The van der Waals surface area contributed by atoms with E-state index in [4.69, 9.17) is 4.74 Å². The van der Waals surface area contributed by atoms with Crippen molar-refractivity contribution in [1.82, 2.24) is 25.2 Å². The molecule has 4 heterocycles. The van der Waals surface area contributed by atoms with Crippen molar-refractivity contribution in [2.45, 2.75) is 51.8 Å². The molecule has 8 nitrogen and oxygen atoms in total. The molecule has 6 rings (SSSR count). The van der Waals surface area contributed by atoms with Crippen LogP contribution in [-0.2, 0) is 17.7 Å². The maximum absolute atomic E-state index is 13.6. The van der Waals surface area contributed by atoms with Gasteiger partial charge < -0.3 is 14.6 Å². The van der Waals surface area contributed by atoms with Gasteiger partial charge in [-0.25, -0.2) is 4.68 Å². The second-order valence-electron chi connectivity index (χ2n) is 9.37. The minimum atomic E-state index is -0.409. The molecule has 8 heteroatoms. The van der Waals surface area contributed by atoms with Crippen molar-refractivity contribution >= 4 is 16.6 Å². The van der Waals surface area contributed by atoms with E-state index in [0.29, 0.717) is 17.9 Å². The van der Waals surface area contributed by atoms with Crippen LogP contribution in [0.4, 0.5) is 5.69 Å². The summed E-state index contributed by atoms with van der Waals surface area (Å²) >= 11 is 0. The van der Waals surface area contributed by atoms with Crippen molar-refractivity contribution in [2.75, 3.05) is 18.1 Å². The zero-order chi connectivity index (χ0) is 23.2. The number of rotatable bonds is 5. The van der Waals surface area contributed by atoms with Crippen LogP contribution in [0, 0.1) is 13.8 Å². The van der Waals surface area contributed by atoms with Gasteiger partial charge in [-0.1, -0.05) is 30.3 Å². The van der Waals surface area contributed by atoms with Crippen molar-refractivity contribution in [1.29, 1.82) is 0 Å². The highest BCUT2D eigenvalue weighted by atomic mass is 16.5. The monoisotopic (exact) mass is 456 g/mol. The fourth-order valence-electron chi connectivity index (χ4n) is 5.39. The molecule has 174 valence electrons. The minimum absolute atomic E-state index is 0.0912. The molecule has 4 aromatic rings. The SMILES string of the molecule is Cc1ccc(C)c2[nH]c(=O)c([C@@H](c3nnnn3C[C@H]3CCCO3)N3CCc4ccccc43)cc12. The molecule has 1 fully saturated rings. The molecule has 0 unspecified atom stereocenters. The molecular formula is C26H28N6O2. The fourth-order valence-corrected chi connectivity index (χ4v) is 5.39. The van der Waals surface area contributed by atoms with Crippen LogP contribution < -0.4 is 10.5 Å². The summed E-state index contributed by atoms with van der Waals surface area (Å²) in [4.78, 5) is 19.0. The lowest BCUT2D eigenvalue weighted by Crippen LogP contribution is -2.35. The average Bonchev–Trinajstić information content (AvgIpc) is 3.60. The number of tetrazole rings is 1. The average molecular weight is 457 g/mol. The molecule has 2 aliphatic heterocycles. The molecule has 1 saturated heterocycles. The standard InChI is InChI=1S/C26H28N6O2/c1-16-9-10-17(2)23-20(16)14-21(26(33)27-23)24(31-12-11-18-6-3-4-8-22(18)31)25-28-29-30-32(25)15-19-7-5-13-34-19/h3-4,6,8-10,14,19,24H,5,7,11-13,15H2,1-2H3,(H,27,33)/t19-,24+/m1/s1. The fraction of sp³-hybridized carbons (Fsp3) is 0.385. The van der Waals surface area contributed by atoms with Crippen LogP contribution in [0.2, 0.25) is 0 Å². The van der Waals surface area contributed by atoms with E-state index in [-0.39, 0.29) is 11.7 Å². The number of aryl methyl sites for hydroxylation is 2. The first-order valence-corrected chi connectivity index (χ1v) is 12.0. The molecule has 2 aromatic carbocycles. The molecule has 0 aliphatic carbocycles. The van der Waals surface area contributed by atoms with Gasteiger partial charge in [-0.05, 0) is 72.4 Å². The molecular weight excluding hydrogens is 428 g/mol. The third kappa shape index (κ3) is 3.49. The van der Waals surface area contributed by atoms with E-state index < -0.39 is 6.04 Å². The van der Waals surface area contributed by atoms with Crippen molar-refractivity contribution in [3.8, 4) is 0 Å². The number of aromatic nitrogens is 5. The molecule has 34 heavy (non-hydrogen) atoms. The quantitative estimate of drug-likeness (QED) is 0.495. The van der Waals surface area contributed by atoms with Crippen LogP contribution in [-0.4, -0.2) is 44.4 Å². The molecule has 0 spiro atoms. The summed E-state index contributed by atoms with van der Waals surface area (Å²) in [5.74, 6) is 0.669. The Balaban J connectivity index is 1.54. The number of nitrogens with one attached hydrogen (secondary N) is 1. The lowest BCUT2D eigenvalue weighted by atomic mass is 9.99. The van der Waals surface area contributed by atoms with E-state index in [9.17, 15) is 4.79 Å².